The van der Waals surface area contributed by atoms with Crippen molar-refractivity contribution in [2.45, 2.75) is 17.9 Å². The molecule has 25 heavy (non-hydrogen) atoms. The molecular formula is C16H16N4O4S. The standard InChI is InChI=1S/C16H16N4O4S/c1-10(16(21)19-11-7-8-14(24-2)17-9-11)18-15-12-5-3-4-6-13(12)25(22,23)20-15/h3-10H,1-2H3,(H,18,20)(H,19,21)/t10-/m0/s1. The van der Waals surface area contributed by atoms with E-state index in [9.17, 15) is 13.2 Å². The molecule has 3 rings (SSSR count). The summed E-state index contributed by atoms with van der Waals surface area (Å²) in [6.07, 6.45) is 1.46. The number of sulfonamides is 1. The quantitative estimate of drug-likeness (QED) is 0.850. The minimum absolute atomic E-state index is 0.153. The lowest BCUT2D eigenvalue weighted by molar-refractivity contribution is -0.117. The second-order valence-electron chi connectivity index (χ2n) is 5.33. The maximum Gasteiger partial charge on any atom is 0.263 e. The average Bonchev–Trinajstić information content (AvgIpc) is 2.86. The van der Waals surface area contributed by atoms with Gasteiger partial charge >= 0.3 is 0 Å². The number of rotatable bonds is 4. The van der Waals surface area contributed by atoms with E-state index in [-0.39, 0.29) is 16.6 Å². The van der Waals surface area contributed by atoms with Gasteiger partial charge < -0.3 is 10.1 Å². The molecule has 1 aromatic carbocycles. The molecule has 0 saturated carbocycles. The van der Waals surface area contributed by atoms with Crippen LogP contribution in [0.1, 0.15) is 12.5 Å². The summed E-state index contributed by atoms with van der Waals surface area (Å²) in [4.78, 5) is 20.6. The normalized spacial score (nSPS) is 17.4. The number of fused-ring (bicyclic) bond motifs is 1. The largest absolute Gasteiger partial charge is 0.481 e. The number of hydrogen-bond acceptors (Lipinski definition) is 6. The van der Waals surface area contributed by atoms with Crippen molar-refractivity contribution in [2.24, 2.45) is 4.99 Å². The molecule has 1 aliphatic rings. The molecular weight excluding hydrogens is 344 g/mol. The molecule has 0 radical (unpaired) electrons. The van der Waals surface area contributed by atoms with Gasteiger partial charge in [0.15, 0.2) is 0 Å². The number of anilines is 1. The van der Waals surface area contributed by atoms with Crippen molar-refractivity contribution in [3.05, 3.63) is 48.2 Å². The van der Waals surface area contributed by atoms with Crippen LogP contribution in [0.3, 0.4) is 0 Å². The monoisotopic (exact) mass is 360 g/mol. The van der Waals surface area contributed by atoms with E-state index in [2.05, 4.69) is 20.0 Å². The summed E-state index contributed by atoms with van der Waals surface area (Å²) in [7, 11) is -2.13. The van der Waals surface area contributed by atoms with Crippen molar-refractivity contribution in [1.29, 1.82) is 0 Å². The molecule has 8 nitrogen and oxygen atoms in total. The van der Waals surface area contributed by atoms with Crippen LogP contribution in [0.2, 0.25) is 0 Å². The Kier molecular flexibility index (Phi) is 4.41. The number of methoxy groups -OCH3 is 1. The minimum atomic E-state index is -3.63. The molecule has 0 aliphatic carbocycles. The number of carbonyl (C=O) groups is 1. The van der Waals surface area contributed by atoms with Gasteiger partial charge in [-0.1, -0.05) is 12.1 Å². The molecule has 0 saturated heterocycles. The van der Waals surface area contributed by atoms with E-state index < -0.39 is 16.1 Å². The van der Waals surface area contributed by atoms with Crippen LogP contribution in [-0.4, -0.2) is 38.3 Å². The topological polar surface area (TPSA) is 110 Å². The van der Waals surface area contributed by atoms with Crippen molar-refractivity contribution in [1.82, 2.24) is 9.71 Å². The number of hydrogen-bond donors (Lipinski definition) is 2. The minimum Gasteiger partial charge on any atom is -0.481 e. The van der Waals surface area contributed by atoms with Gasteiger partial charge in [-0.25, -0.2) is 13.4 Å². The van der Waals surface area contributed by atoms with E-state index in [1.54, 1.807) is 37.3 Å². The van der Waals surface area contributed by atoms with Crippen molar-refractivity contribution in [2.75, 3.05) is 12.4 Å². The second-order valence-corrected chi connectivity index (χ2v) is 6.98. The van der Waals surface area contributed by atoms with Gasteiger partial charge in [-0.05, 0) is 25.1 Å². The Labute approximate surface area is 145 Å². The Hall–Kier alpha value is -2.94. The number of amidine groups is 1. The number of amides is 1. The third kappa shape index (κ3) is 3.45. The Morgan fingerprint density at radius 3 is 2.72 bits per heavy atom. The van der Waals surface area contributed by atoms with Gasteiger partial charge in [-0.3, -0.25) is 14.5 Å². The Morgan fingerprint density at radius 1 is 1.28 bits per heavy atom. The van der Waals surface area contributed by atoms with Crippen LogP contribution in [0.5, 0.6) is 5.88 Å². The maximum absolute atomic E-state index is 12.3. The van der Waals surface area contributed by atoms with E-state index in [0.29, 0.717) is 17.1 Å². The van der Waals surface area contributed by atoms with Crippen LogP contribution in [0.15, 0.2) is 52.5 Å². The molecule has 1 aliphatic heterocycles. The van der Waals surface area contributed by atoms with Gasteiger partial charge in [0, 0.05) is 11.6 Å². The lowest BCUT2D eigenvalue weighted by atomic mass is 10.2. The number of aliphatic imine (C=N–C) groups is 1. The average molecular weight is 360 g/mol. The first-order valence-corrected chi connectivity index (χ1v) is 8.90. The smallest absolute Gasteiger partial charge is 0.263 e. The number of benzene rings is 1. The lowest BCUT2D eigenvalue weighted by Crippen LogP contribution is -2.28. The molecule has 2 N–H and O–H groups in total. The number of carbonyl (C=O) groups excluding carboxylic acids is 1. The van der Waals surface area contributed by atoms with Crippen LogP contribution < -0.4 is 14.8 Å². The van der Waals surface area contributed by atoms with Gasteiger partial charge in [0.25, 0.3) is 10.0 Å². The highest BCUT2D eigenvalue weighted by molar-refractivity contribution is 7.90. The zero-order valence-corrected chi connectivity index (χ0v) is 14.4. The number of aromatic nitrogens is 1. The Bertz CT molecular complexity index is 939. The SMILES string of the molecule is COc1ccc(NC(=O)[C@H](C)N=C2NS(=O)(=O)c3ccccc32)cn1. The van der Waals surface area contributed by atoms with Crippen molar-refractivity contribution in [3.8, 4) is 5.88 Å². The molecule has 0 fully saturated rings. The first-order chi connectivity index (χ1) is 11.9. The van der Waals surface area contributed by atoms with E-state index in [1.807, 2.05) is 0 Å². The predicted octanol–water partition coefficient (Wildman–Crippen LogP) is 1.16. The third-order valence-electron chi connectivity index (χ3n) is 3.58. The van der Waals surface area contributed by atoms with E-state index in [4.69, 9.17) is 4.74 Å². The summed E-state index contributed by atoms with van der Waals surface area (Å²) in [5.41, 5.74) is 0.943. The Balaban J connectivity index is 1.78. The molecule has 2 heterocycles. The van der Waals surface area contributed by atoms with Crippen LogP contribution in [-0.2, 0) is 14.8 Å². The van der Waals surface area contributed by atoms with Crippen LogP contribution in [0.25, 0.3) is 0 Å². The van der Waals surface area contributed by atoms with Gasteiger partial charge in [0.05, 0.1) is 23.9 Å². The fourth-order valence-corrected chi connectivity index (χ4v) is 3.54. The summed E-state index contributed by atoms with van der Waals surface area (Å²) >= 11 is 0. The van der Waals surface area contributed by atoms with Gasteiger partial charge in [0.2, 0.25) is 11.8 Å². The summed E-state index contributed by atoms with van der Waals surface area (Å²) in [6, 6.07) is 8.95. The summed E-state index contributed by atoms with van der Waals surface area (Å²) in [5, 5.41) is 2.67. The molecule has 1 aromatic heterocycles. The second kappa shape index (κ2) is 6.52. The van der Waals surface area contributed by atoms with Gasteiger partial charge in [-0.15, -0.1) is 0 Å². The van der Waals surface area contributed by atoms with Gasteiger partial charge in [-0.2, -0.15) is 0 Å². The number of pyridine rings is 1. The summed E-state index contributed by atoms with van der Waals surface area (Å²) in [6.45, 7) is 1.58. The summed E-state index contributed by atoms with van der Waals surface area (Å²) in [5.74, 6) is 0.206. The van der Waals surface area contributed by atoms with E-state index in [1.165, 1.54) is 19.4 Å². The third-order valence-corrected chi connectivity index (χ3v) is 4.98. The molecule has 1 amide bonds. The van der Waals surface area contributed by atoms with E-state index >= 15 is 0 Å². The first kappa shape index (κ1) is 16.9. The molecule has 0 spiro atoms. The summed E-state index contributed by atoms with van der Waals surface area (Å²) < 4.78 is 31.4. The lowest BCUT2D eigenvalue weighted by Gasteiger charge is -2.10. The fourth-order valence-electron chi connectivity index (χ4n) is 2.30. The number of ether oxygens (including phenoxy) is 1. The molecule has 0 bridgehead atoms. The predicted molar refractivity (Wildman–Crippen MR) is 92.2 cm³/mol. The van der Waals surface area contributed by atoms with Crippen molar-refractivity contribution < 1.29 is 17.9 Å². The molecule has 130 valence electrons. The molecule has 0 unspecified atom stereocenters. The maximum atomic E-state index is 12.3. The molecule has 1 atom stereocenters. The number of nitrogens with one attached hydrogen (secondary N) is 2. The molecule has 2 aromatic rings. The van der Waals surface area contributed by atoms with Crippen LogP contribution in [0.4, 0.5) is 5.69 Å². The first-order valence-electron chi connectivity index (χ1n) is 7.41. The van der Waals surface area contributed by atoms with Crippen LogP contribution >= 0.6 is 0 Å². The van der Waals surface area contributed by atoms with Crippen molar-refractivity contribution in [3.63, 3.8) is 0 Å². The highest BCUT2D eigenvalue weighted by atomic mass is 32.2. The Morgan fingerprint density at radius 2 is 2.04 bits per heavy atom. The molecule has 9 heteroatoms. The number of nitrogens with zero attached hydrogens (tertiary/aromatic N) is 2. The van der Waals surface area contributed by atoms with Crippen molar-refractivity contribution >= 4 is 27.5 Å². The van der Waals surface area contributed by atoms with Crippen LogP contribution in [0, 0.1) is 0 Å². The zero-order chi connectivity index (χ0) is 18.0. The van der Waals surface area contributed by atoms with Gasteiger partial charge in [0.1, 0.15) is 11.9 Å². The van der Waals surface area contributed by atoms with E-state index in [0.717, 1.165) is 0 Å². The highest BCUT2D eigenvalue weighted by Gasteiger charge is 2.31. The fraction of sp³-hybridized carbons (Fsp3) is 0.188. The highest BCUT2D eigenvalue weighted by Crippen LogP contribution is 2.22. The zero-order valence-electron chi connectivity index (χ0n) is 13.6.